The van der Waals surface area contributed by atoms with Gasteiger partial charge in [0.1, 0.15) is 0 Å². The third-order valence-electron chi connectivity index (χ3n) is 4.60. The fourth-order valence-corrected chi connectivity index (χ4v) is 3.00. The topological polar surface area (TPSA) is 93.3 Å². The van der Waals surface area contributed by atoms with Crippen LogP contribution in [0.4, 0.5) is 5.95 Å². The second kappa shape index (κ2) is 5.81. The van der Waals surface area contributed by atoms with Crippen LogP contribution in [-0.2, 0) is 0 Å². The molecule has 2 aromatic heterocycles. The summed E-state index contributed by atoms with van der Waals surface area (Å²) in [5.74, 6) is 2.56. The molecule has 0 spiro atoms. The number of methoxy groups -OCH3 is 1. The predicted molar refractivity (Wildman–Crippen MR) is 82.2 cm³/mol. The van der Waals surface area contributed by atoms with Crippen molar-refractivity contribution in [3.8, 4) is 5.88 Å². The van der Waals surface area contributed by atoms with Crippen molar-refractivity contribution < 1.29 is 14.4 Å². The molecule has 0 aliphatic heterocycles. The zero-order valence-corrected chi connectivity index (χ0v) is 13.0. The highest BCUT2D eigenvalue weighted by atomic mass is 16.5. The Bertz CT molecular complexity index is 662. The van der Waals surface area contributed by atoms with Crippen molar-refractivity contribution in [3.63, 3.8) is 0 Å². The van der Waals surface area contributed by atoms with E-state index in [4.69, 9.17) is 9.26 Å². The van der Waals surface area contributed by atoms with Crippen LogP contribution in [0.5, 0.6) is 5.88 Å². The van der Waals surface area contributed by atoms with E-state index in [1.165, 1.54) is 0 Å². The van der Waals surface area contributed by atoms with Crippen LogP contribution < -0.4 is 10.1 Å². The standard InChI is InChI=1S/C16H20N4O3/c1-22-13-5-4-10(8-17-13)14(11-6-12(21)7-11)18-16-19-15(23-20-16)9-2-3-9/h4-5,8-9,11-12,14,21H,2-3,6-7H2,1H3,(H,18,20)/t11?,12?,14-/m1/s1. The molecule has 2 N–H and O–H groups in total. The largest absolute Gasteiger partial charge is 0.481 e. The molecule has 7 nitrogen and oxygen atoms in total. The van der Waals surface area contributed by atoms with E-state index in [0.29, 0.717) is 29.6 Å². The first-order chi connectivity index (χ1) is 11.2. The molecule has 1 atom stereocenters. The molecule has 0 amide bonds. The van der Waals surface area contributed by atoms with Crippen molar-refractivity contribution in [2.45, 2.75) is 43.7 Å². The van der Waals surface area contributed by atoms with Gasteiger partial charge in [0.05, 0.1) is 19.3 Å². The smallest absolute Gasteiger partial charge is 0.263 e. The molecule has 2 aromatic rings. The van der Waals surface area contributed by atoms with E-state index in [2.05, 4.69) is 20.4 Å². The van der Waals surface area contributed by atoms with Crippen molar-refractivity contribution >= 4 is 5.95 Å². The van der Waals surface area contributed by atoms with Gasteiger partial charge in [0, 0.05) is 18.2 Å². The van der Waals surface area contributed by atoms with Gasteiger partial charge in [-0.1, -0.05) is 6.07 Å². The van der Waals surface area contributed by atoms with Crippen LogP contribution in [-0.4, -0.2) is 33.4 Å². The van der Waals surface area contributed by atoms with E-state index in [-0.39, 0.29) is 12.1 Å². The van der Waals surface area contributed by atoms with E-state index in [0.717, 1.165) is 31.2 Å². The maximum Gasteiger partial charge on any atom is 0.263 e. The van der Waals surface area contributed by atoms with Gasteiger partial charge in [0.25, 0.3) is 5.95 Å². The zero-order valence-electron chi connectivity index (χ0n) is 13.0. The van der Waals surface area contributed by atoms with Gasteiger partial charge in [-0.3, -0.25) is 0 Å². The highest BCUT2D eigenvalue weighted by Gasteiger charge is 2.36. The Labute approximate surface area is 134 Å². The Kier molecular flexibility index (Phi) is 3.65. The summed E-state index contributed by atoms with van der Waals surface area (Å²) >= 11 is 0. The molecule has 2 aliphatic rings. The first kappa shape index (κ1) is 14.4. The minimum atomic E-state index is -0.220. The fourth-order valence-electron chi connectivity index (χ4n) is 3.00. The number of rotatable bonds is 6. The van der Waals surface area contributed by atoms with E-state index in [1.807, 2.05) is 12.1 Å². The van der Waals surface area contributed by atoms with Crippen molar-refractivity contribution in [1.29, 1.82) is 0 Å². The van der Waals surface area contributed by atoms with Gasteiger partial charge in [-0.2, -0.15) is 4.98 Å². The average Bonchev–Trinajstić information content (AvgIpc) is 3.30. The lowest BCUT2D eigenvalue weighted by atomic mass is 9.75. The number of aromatic nitrogens is 3. The molecule has 2 aliphatic carbocycles. The lowest BCUT2D eigenvalue weighted by Gasteiger charge is -2.37. The molecular formula is C16H20N4O3. The van der Waals surface area contributed by atoms with Crippen LogP contribution in [0.1, 0.15) is 49.1 Å². The predicted octanol–water partition coefficient (Wildman–Crippen LogP) is 2.27. The molecule has 2 fully saturated rings. The normalized spacial score (nSPS) is 24.8. The lowest BCUT2D eigenvalue weighted by Crippen LogP contribution is -2.36. The number of pyridine rings is 1. The van der Waals surface area contributed by atoms with Crippen LogP contribution in [0.3, 0.4) is 0 Å². The van der Waals surface area contributed by atoms with Crippen LogP contribution in [0.25, 0.3) is 0 Å². The first-order valence-electron chi connectivity index (χ1n) is 8.01. The molecule has 0 bridgehead atoms. The average molecular weight is 316 g/mol. The number of nitrogens with zero attached hydrogens (tertiary/aromatic N) is 3. The number of hydrogen-bond donors (Lipinski definition) is 2. The highest BCUT2D eigenvalue weighted by molar-refractivity contribution is 5.33. The van der Waals surface area contributed by atoms with Crippen molar-refractivity contribution in [2.75, 3.05) is 12.4 Å². The second-order valence-electron chi connectivity index (χ2n) is 6.37. The fraction of sp³-hybridized carbons (Fsp3) is 0.562. The molecular weight excluding hydrogens is 296 g/mol. The maximum atomic E-state index is 9.63. The van der Waals surface area contributed by atoms with Gasteiger partial charge in [-0.05, 0) is 42.3 Å². The molecule has 23 heavy (non-hydrogen) atoms. The zero-order chi connectivity index (χ0) is 15.8. The van der Waals surface area contributed by atoms with Crippen molar-refractivity contribution in [3.05, 3.63) is 29.8 Å². The minimum absolute atomic E-state index is 0.00135. The van der Waals surface area contributed by atoms with Gasteiger partial charge in [0.2, 0.25) is 11.8 Å². The number of hydrogen-bond acceptors (Lipinski definition) is 7. The number of aliphatic hydroxyl groups excluding tert-OH is 1. The van der Waals surface area contributed by atoms with E-state index in [9.17, 15) is 5.11 Å². The van der Waals surface area contributed by atoms with Crippen LogP contribution >= 0.6 is 0 Å². The third-order valence-corrected chi connectivity index (χ3v) is 4.60. The summed E-state index contributed by atoms with van der Waals surface area (Å²) in [6, 6.07) is 3.82. The summed E-state index contributed by atoms with van der Waals surface area (Å²) in [5.41, 5.74) is 1.03. The van der Waals surface area contributed by atoms with E-state index in [1.54, 1.807) is 13.3 Å². The third kappa shape index (κ3) is 3.01. The summed E-state index contributed by atoms with van der Waals surface area (Å²) in [6.07, 6.45) is 5.35. The van der Waals surface area contributed by atoms with Crippen molar-refractivity contribution in [2.24, 2.45) is 5.92 Å². The summed E-state index contributed by atoms with van der Waals surface area (Å²) in [5, 5.41) is 17.0. The summed E-state index contributed by atoms with van der Waals surface area (Å²) in [6.45, 7) is 0. The molecule has 7 heteroatoms. The molecule has 0 saturated heterocycles. The van der Waals surface area contributed by atoms with Crippen LogP contribution in [0, 0.1) is 5.92 Å². The van der Waals surface area contributed by atoms with E-state index >= 15 is 0 Å². The summed E-state index contributed by atoms with van der Waals surface area (Å²) < 4.78 is 10.4. The lowest BCUT2D eigenvalue weighted by molar-refractivity contribution is 0.0338. The molecule has 2 saturated carbocycles. The SMILES string of the molecule is COc1ccc([C@@H](Nc2noc(C3CC3)n2)C2CC(O)C2)cn1. The second-order valence-corrected chi connectivity index (χ2v) is 6.37. The van der Waals surface area contributed by atoms with Crippen molar-refractivity contribution in [1.82, 2.24) is 15.1 Å². The number of aliphatic hydroxyl groups is 1. The quantitative estimate of drug-likeness (QED) is 0.844. The molecule has 0 aromatic carbocycles. The van der Waals surface area contributed by atoms with Gasteiger partial charge in [0.15, 0.2) is 0 Å². The Morgan fingerprint density at radius 2 is 2.17 bits per heavy atom. The Balaban J connectivity index is 1.53. The first-order valence-corrected chi connectivity index (χ1v) is 8.01. The monoisotopic (exact) mass is 316 g/mol. The number of nitrogens with one attached hydrogen (secondary N) is 1. The van der Waals surface area contributed by atoms with Crippen LogP contribution in [0.15, 0.2) is 22.9 Å². The minimum Gasteiger partial charge on any atom is -0.481 e. The van der Waals surface area contributed by atoms with Gasteiger partial charge in [-0.25, -0.2) is 4.98 Å². The van der Waals surface area contributed by atoms with Crippen LogP contribution in [0.2, 0.25) is 0 Å². The summed E-state index contributed by atoms with van der Waals surface area (Å²) in [7, 11) is 1.60. The van der Waals surface area contributed by atoms with E-state index < -0.39 is 0 Å². The van der Waals surface area contributed by atoms with Gasteiger partial charge in [-0.15, -0.1) is 0 Å². The molecule has 2 heterocycles. The Hall–Kier alpha value is -2.15. The number of ether oxygens (including phenoxy) is 1. The molecule has 0 radical (unpaired) electrons. The Morgan fingerprint density at radius 3 is 2.78 bits per heavy atom. The Morgan fingerprint density at radius 1 is 1.35 bits per heavy atom. The maximum absolute atomic E-state index is 9.63. The molecule has 4 rings (SSSR count). The van der Waals surface area contributed by atoms with Gasteiger partial charge >= 0.3 is 0 Å². The number of anilines is 1. The molecule has 0 unspecified atom stereocenters. The summed E-state index contributed by atoms with van der Waals surface area (Å²) in [4.78, 5) is 8.71. The molecule has 122 valence electrons. The van der Waals surface area contributed by atoms with Gasteiger partial charge < -0.3 is 19.7 Å². The highest BCUT2D eigenvalue weighted by Crippen LogP contribution is 2.41.